The first kappa shape index (κ1) is 9.27. The summed E-state index contributed by atoms with van der Waals surface area (Å²) in [5, 5.41) is 10.6. The number of benzene rings is 1. The first-order chi connectivity index (χ1) is 7.88. The van der Waals surface area contributed by atoms with E-state index in [0.717, 1.165) is 35.7 Å². The van der Waals surface area contributed by atoms with Crippen LogP contribution in [0.15, 0.2) is 24.3 Å². The zero-order chi connectivity index (χ0) is 11.0. The number of para-hydroxylation sites is 2. The van der Waals surface area contributed by atoms with E-state index in [1.54, 1.807) is 0 Å². The largest absolute Gasteiger partial charge is 0.435 e. The van der Waals surface area contributed by atoms with Gasteiger partial charge in [0.15, 0.2) is 5.75 Å². The number of hydrogen-bond acceptors (Lipinski definition) is 3. The first-order valence-corrected chi connectivity index (χ1v) is 5.45. The predicted molar refractivity (Wildman–Crippen MR) is 61.8 cm³/mol. The molecule has 0 unspecified atom stereocenters. The maximum absolute atomic E-state index is 5.78. The number of fused-ring (bicyclic) bond motifs is 2. The van der Waals surface area contributed by atoms with Crippen LogP contribution in [0, 0.1) is 0 Å². The average Bonchev–Trinajstić information content (AvgIpc) is 2.61. The smallest absolute Gasteiger partial charge is 0.243 e. The number of nitrogens with zero attached hydrogens (tertiary/aromatic N) is 1. The van der Waals surface area contributed by atoms with Gasteiger partial charge in [0.1, 0.15) is 0 Å². The fraction of sp³-hybridized carbons (Fsp3) is 0.250. The summed E-state index contributed by atoms with van der Waals surface area (Å²) >= 11 is 0. The first-order valence-electron chi connectivity index (χ1n) is 5.45. The van der Waals surface area contributed by atoms with Gasteiger partial charge < -0.3 is 10.1 Å². The molecular weight excluding hydrogens is 202 g/mol. The maximum atomic E-state index is 5.78. The van der Waals surface area contributed by atoms with Crippen molar-refractivity contribution in [3.05, 3.63) is 35.5 Å². The summed E-state index contributed by atoms with van der Waals surface area (Å²) in [7, 11) is 0. The minimum absolute atomic E-state index is 0.689. The van der Waals surface area contributed by atoms with E-state index in [0.29, 0.717) is 5.88 Å². The van der Waals surface area contributed by atoms with Crippen LogP contribution >= 0.6 is 0 Å². The van der Waals surface area contributed by atoms with Gasteiger partial charge in [0.2, 0.25) is 5.88 Å². The molecule has 1 aromatic heterocycles. The van der Waals surface area contributed by atoms with Crippen molar-refractivity contribution in [3.63, 3.8) is 0 Å². The molecule has 0 atom stereocenters. The lowest BCUT2D eigenvalue weighted by Gasteiger charge is -2.05. The van der Waals surface area contributed by atoms with Gasteiger partial charge in [0.05, 0.1) is 11.3 Å². The number of aryl methyl sites for hydroxylation is 1. The lowest BCUT2D eigenvalue weighted by molar-refractivity contribution is 0.463. The highest BCUT2D eigenvalue weighted by molar-refractivity contribution is 5.59. The molecule has 0 bridgehead atoms. The Bertz CT molecular complexity index is 519. The van der Waals surface area contributed by atoms with Gasteiger partial charge in [-0.25, -0.2) is 0 Å². The quantitative estimate of drug-likeness (QED) is 0.769. The molecule has 2 aromatic rings. The van der Waals surface area contributed by atoms with Crippen molar-refractivity contribution in [2.75, 3.05) is 5.32 Å². The van der Waals surface area contributed by atoms with Crippen molar-refractivity contribution in [1.29, 1.82) is 0 Å². The van der Waals surface area contributed by atoms with Gasteiger partial charge in [-0.15, -0.1) is 5.10 Å². The van der Waals surface area contributed by atoms with E-state index in [1.807, 2.05) is 24.3 Å². The van der Waals surface area contributed by atoms with Gasteiger partial charge in [-0.05, 0) is 18.6 Å². The lowest BCUT2D eigenvalue weighted by atomic mass is 10.2. The number of anilines is 1. The molecule has 2 N–H and O–H groups in total. The Balaban J connectivity index is 2.05. The van der Waals surface area contributed by atoms with Crippen molar-refractivity contribution in [1.82, 2.24) is 10.2 Å². The van der Waals surface area contributed by atoms with E-state index in [-0.39, 0.29) is 0 Å². The summed E-state index contributed by atoms with van der Waals surface area (Å²) in [6, 6.07) is 7.90. The van der Waals surface area contributed by atoms with Crippen LogP contribution in [0.3, 0.4) is 0 Å². The molecule has 1 aromatic carbocycles. The molecule has 0 amide bonds. The van der Waals surface area contributed by atoms with Crippen molar-refractivity contribution >= 4 is 5.69 Å². The Labute approximate surface area is 93.6 Å². The maximum Gasteiger partial charge on any atom is 0.243 e. The number of rotatable bonds is 1. The third-order valence-corrected chi connectivity index (χ3v) is 2.82. The Hall–Kier alpha value is -1.97. The van der Waals surface area contributed by atoms with Gasteiger partial charge in [0.25, 0.3) is 0 Å². The molecule has 2 heterocycles. The number of aromatic nitrogens is 2. The van der Waals surface area contributed by atoms with E-state index >= 15 is 0 Å². The molecule has 16 heavy (non-hydrogen) atoms. The van der Waals surface area contributed by atoms with E-state index in [9.17, 15) is 0 Å². The Morgan fingerprint density at radius 1 is 1.38 bits per heavy atom. The van der Waals surface area contributed by atoms with Crippen molar-refractivity contribution < 1.29 is 4.74 Å². The lowest BCUT2D eigenvalue weighted by Crippen LogP contribution is -1.99. The SMILES string of the molecule is CCc1[nH]nc2c1CNc1ccccc1O2. The van der Waals surface area contributed by atoms with E-state index in [1.165, 1.54) is 0 Å². The summed E-state index contributed by atoms with van der Waals surface area (Å²) in [4.78, 5) is 0. The third-order valence-electron chi connectivity index (χ3n) is 2.82. The van der Waals surface area contributed by atoms with Crippen LogP contribution in [0.2, 0.25) is 0 Å². The Morgan fingerprint density at radius 3 is 3.12 bits per heavy atom. The monoisotopic (exact) mass is 215 g/mol. The summed E-state index contributed by atoms with van der Waals surface area (Å²) in [6.07, 6.45) is 0.934. The average molecular weight is 215 g/mol. The molecule has 1 aliphatic rings. The van der Waals surface area contributed by atoms with Crippen LogP contribution in [-0.4, -0.2) is 10.2 Å². The second-order valence-electron chi connectivity index (χ2n) is 3.79. The van der Waals surface area contributed by atoms with Gasteiger partial charge in [0, 0.05) is 12.2 Å². The molecular formula is C12H13N3O. The second kappa shape index (κ2) is 3.56. The molecule has 0 saturated carbocycles. The number of aromatic amines is 1. The van der Waals surface area contributed by atoms with E-state index in [2.05, 4.69) is 22.4 Å². The molecule has 4 nitrogen and oxygen atoms in total. The van der Waals surface area contributed by atoms with Crippen LogP contribution in [0.1, 0.15) is 18.2 Å². The number of H-pyrrole nitrogens is 1. The standard InChI is InChI=1S/C12H13N3O/c1-2-9-8-7-13-10-5-3-4-6-11(10)16-12(8)15-14-9/h3-6,13H,2,7H2,1H3,(H,14,15). The van der Waals surface area contributed by atoms with Crippen molar-refractivity contribution in [2.24, 2.45) is 0 Å². The van der Waals surface area contributed by atoms with Gasteiger partial charge in [-0.1, -0.05) is 19.1 Å². The molecule has 4 heteroatoms. The van der Waals surface area contributed by atoms with Crippen LogP contribution in [0.25, 0.3) is 0 Å². The number of hydrogen-bond donors (Lipinski definition) is 2. The number of nitrogens with one attached hydrogen (secondary N) is 2. The second-order valence-corrected chi connectivity index (χ2v) is 3.79. The van der Waals surface area contributed by atoms with Gasteiger partial charge >= 0.3 is 0 Å². The summed E-state index contributed by atoms with van der Waals surface area (Å²) in [5.74, 6) is 1.52. The molecule has 0 saturated heterocycles. The Morgan fingerprint density at radius 2 is 2.25 bits per heavy atom. The fourth-order valence-corrected chi connectivity index (χ4v) is 1.93. The Kier molecular flexibility index (Phi) is 2.06. The zero-order valence-corrected chi connectivity index (χ0v) is 9.08. The minimum atomic E-state index is 0.689. The van der Waals surface area contributed by atoms with Gasteiger partial charge in [-0.3, -0.25) is 5.10 Å². The molecule has 3 rings (SSSR count). The number of ether oxygens (including phenoxy) is 1. The third kappa shape index (κ3) is 1.34. The fourth-order valence-electron chi connectivity index (χ4n) is 1.93. The molecule has 0 radical (unpaired) electrons. The van der Waals surface area contributed by atoms with E-state index in [4.69, 9.17) is 4.74 Å². The summed E-state index contributed by atoms with van der Waals surface area (Å²) in [5.41, 5.74) is 3.27. The highest BCUT2D eigenvalue weighted by atomic mass is 16.5. The summed E-state index contributed by atoms with van der Waals surface area (Å²) < 4.78 is 5.78. The van der Waals surface area contributed by atoms with E-state index < -0.39 is 0 Å². The molecule has 82 valence electrons. The topological polar surface area (TPSA) is 49.9 Å². The highest BCUT2D eigenvalue weighted by Crippen LogP contribution is 2.35. The zero-order valence-electron chi connectivity index (χ0n) is 9.08. The normalized spacial score (nSPS) is 13.1. The minimum Gasteiger partial charge on any atom is -0.435 e. The van der Waals surface area contributed by atoms with Crippen LogP contribution < -0.4 is 10.1 Å². The van der Waals surface area contributed by atoms with Crippen molar-refractivity contribution in [3.8, 4) is 11.6 Å². The van der Waals surface area contributed by atoms with Crippen LogP contribution in [0.5, 0.6) is 11.6 Å². The van der Waals surface area contributed by atoms with Crippen LogP contribution in [0.4, 0.5) is 5.69 Å². The molecule has 1 aliphatic heterocycles. The van der Waals surface area contributed by atoms with Crippen LogP contribution in [-0.2, 0) is 13.0 Å². The molecule has 0 fully saturated rings. The van der Waals surface area contributed by atoms with Gasteiger partial charge in [-0.2, -0.15) is 0 Å². The highest BCUT2D eigenvalue weighted by Gasteiger charge is 2.18. The van der Waals surface area contributed by atoms with Crippen molar-refractivity contribution in [2.45, 2.75) is 19.9 Å². The summed E-state index contributed by atoms with van der Waals surface area (Å²) in [6.45, 7) is 2.86. The molecule has 0 aliphatic carbocycles. The predicted octanol–water partition coefficient (Wildman–Crippen LogP) is 2.69. The molecule has 0 spiro atoms.